The number of phenolic OH excluding ortho intramolecular Hbond substituents is 1. The quantitative estimate of drug-likeness (QED) is 0.410. The lowest BCUT2D eigenvalue weighted by Gasteiger charge is -2.30. The van der Waals surface area contributed by atoms with Gasteiger partial charge in [-0.25, -0.2) is 4.99 Å². The van der Waals surface area contributed by atoms with Crippen LogP contribution in [-0.2, 0) is 6.42 Å². The third-order valence-electron chi connectivity index (χ3n) is 5.96. The van der Waals surface area contributed by atoms with Crippen molar-refractivity contribution in [1.29, 1.82) is 0 Å². The van der Waals surface area contributed by atoms with Gasteiger partial charge in [0.05, 0.1) is 20.7 Å². The van der Waals surface area contributed by atoms with Gasteiger partial charge in [0, 0.05) is 10.4 Å². The third kappa shape index (κ3) is 3.15. The highest BCUT2D eigenvalue weighted by Crippen LogP contribution is 2.42. The second kappa shape index (κ2) is 7.69. The molecule has 0 spiro atoms. The summed E-state index contributed by atoms with van der Waals surface area (Å²) in [7, 11) is 0. The van der Waals surface area contributed by atoms with E-state index in [0.717, 1.165) is 33.8 Å². The van der Waals surface area contributed by atoms with Crippen molar-refractivity contribution in [3.8, 4) is 5.75 Å². The number of hydrogen-bond acceptors (Lipinski definition) is 5. The fraction of sp³-hybridized carbons (Fsp3) is 0.120. The van der Waals surface area contributed by atoms with E-state index >= 15 is 0 Å². The first-order chi connectivity index (χ1) is 15.6. The molecule has 1 N–H and O–H groups in total. The number of thiazole rings is 1. The molecule has 32 heavy (non-hydrogen) atoms. The normalized spacial score (nSPS) is 17.5. The summed E-state index contributed by atoms with van der Waals surface area (Å²) in [5.74, 6) is 0.174. The Kier molecular flexibility index (Phi) is 4.78. The van der Waals surface area contributed by atoms with Crippen LogP contribution < -0.4 is 14.9 Å². The lowest BCUT2D eigenvalue weighted by molar-refractivity contribution is 0.472. The van der Waals surface area contributed by atoms with Gasteiger partial charge in [-0.2, -0.15) is 0 Å². The fourth-order valence-electron chi connectivity index (χ4n) is 4.48. The molecule has 2 aromatic heterocycles. The van der Waals surface area contributed by atoms with Crippen LogP contribution >= 0.6 is 38.6 Å². The lowest BCUT2D eigenvalue weighted by atomic mass is 9.85. The molecule has 1 atom stereocenters. The van der Waals surface area contributed by atoms with E-state index in [9.17, 15) is 9.90 Å². The van der Waals surface area contributed by atoms with Crippen LogP contribution in [-0.4, -0.2) is 9.67 Å². The van der Waals surface area contributed by atoms with Crippen molar-refractivity contribution in [2.75, 3.05) is 0 Å². The van der Waals surface area contributed by atoms with Gasteiger partial charge in [0.1, 0.15) is 5.75 Å². The van der Waals surface area contributed by atoms with E-state index in [4.69, 9.17) is 4.99 Å². The van der Waals surface area contributed by atoms with Crippen LogP contribution in [0.1, 0.15) is 34.0 Å². The standard InChI is InChI=1S/C25H17BrN2O2S2/c26-18-12-14(7-10-19(18)29)13-21-24(30)28-23(20-6-3-11-31-20)17-9-8-15-4-1-2-5-16(15)22(17)27-25(28)32-21/h1-7,10-13,23,29H,8-9H2/b21-13+/t23-/m1/s1. The van der Waals surface area contributed by atoms with E-state index in [1.54, 1.807) is 23.5 Å². The van der Waals surface area contributed by atoms with E-state index in [0.29, 0.717) is 9.01 Å². The summed E-state index contributed by atoms with van der Waals surface area (Å²) in [5.41, 5.74) is 5.55. The first kappa shape index (κ1) is 19.9. The molecule has 4 aromatic rings. The number of aromatic nitrogens is 1. The number of aromatic hydroxyl groups is 1. The van der Waals surface area contributed by atoms with Crippen molar-refractivity contribution < 1.29 is 5.11 Å². The summed E-state index contributed by atoms with van der Waals surface area (Å²) in [6.45, 7) is 0. The van der Waals surface area contributed by atoms with E-state index in [1.165, 1.54) is 28.0 Å². The summed E-state index contributed by atoms with van der Waals surface area (Å²) >= 11 is 6.45. The molecule has 2 aliphatic rings. The molecule has 4 nitrogen and oxygen atoms in total. The average Bonchev–Trinajstić information content (AvgIpc) is 3.44. The highest BCUT2D eigenvalue weighted by molar-refractivity contribution is 9.10. The summed E-state index contributed by atoms with van der Waals surface area (Å²) in [4.78, 5) is 20.5. The van der Waals surface area contributed by atoms with Gasteiger partial charge in [0.25, 0.3) is 5.56 Å². The van der Waals surface area contributed by atoms with E-state index in [1.807, 2.05) is 22.8 Å². The van der Waals surface area contributed by atoms with Crippen LogP contribution in [0.3, 0.4) is 0 Å². The molecule has 0 bridgehead atoms. The molecular formula is C25H17BrN2O2S2. The number of phenols is 1. The molecule has 3 heterocycles. The Labute approximate surface area is 200 Å². The van der Waals surface area contributed by atoms with Crippen molar-refractivity contribution in [2.24, 2.45) is 4.99 Å². The van der Waals surface area contributed by atoms with Crippen LogP contribution in [0.4, 0.5) is 0 Å². The molecule has 158 valence electrons. The Morgan fingerprint density at radius 3 is 2.81 bits per heavy atom. The maximum Gasteiger partial charge on any atom is 0.271 e. The number of aryl methyl sites for hydroxylation is 1. The fourth-order valence-corrected chi connectivity index (χ4v) is 6.73. The molecule has 1 aliphatic carbocycles. The predicted octanol–water partition coefficient (Wildman–Crippen LogP) is 4.85. The minimum Gasteiger partial charge on any atom is -0.507 e. The van der Waals surface area contributed by atoms with Crippen molar-refractivity contribution in [1.82, 2.24) is 4.57 Å². The van der Waals surface area contributed by atoms with Gasteiger partial charge in [0.2, 0.25) is 0 Å². The zero-order chi connectivity index (χ0) is 21.8. The van der Waals surface area contributed by atoms with Gasteiger partial charge in [-0.15, -0.1) is 11.3 Å². The van der Waals surface area contributed by atoms with Gasteiger partial charge in [-0.1, -0.05) is 47.7 Å². The number of hydrogen-bond donors (Lipinski definition) is 1. The first-order valence-corrected chi connectivity index (χ1v) is 12.7. The minimum atomic E-state index is -0.122. The van der Waals surface area contributed by atoms with Crippen molar-refractivity contribution >= 4 is 50.4 Å². The zero-order valence-corrected chi connectivity index (χ0v) is 20.0. The number of benzene rings is 2. The summed E-state index contributed by atoms with van der Waals surface area (Å²) in [6, 6.07) is 17.7. The monoisotopic (exact) mass is 520 g/mol. The molecular weight excluding hydrogens is 504 g/mol. The second-order valence-electron chi connectivity index (χ2n) is 7.84. The summed E-state index contributed by atoms with van der Waals surface area (Å²) < 4.78 is 3.10. The van der Waals surface area contributed by atoms with Crippen LogP contribution in [0.15, 0.2) is 79.8 Å². The first-order valence-electron chi connectivity index (χ1n) is 10.2. The van der Waals surface area contributed by atoms with Crippen LogP contribution in [0.2, 0.25) is 0 Å². The largest absolute Gasteiger partial charge is 0.507 e. The van der Waals surface area contributed by atoms with Crippen molar-refractivity contribution in [2.45, 2.75) is 18.9 Å². The highest BCUT2D eigenvalue weighted by atomic mass is 79.9. The number of allylic oxidation sites excluding steroid dienone is 1. The number of nitrogens with zero attached hydrogens (tertiary/aromatic N) is 2. The lowest BCUT2D eigenvalue weighted by Crippen LogP contribution is -2.38. The summed E-state index contributed by atoms with van der Waals surface area (Å²) in [5, 5.41) is 11.9. The summed E-state index contributed by atoms with van der Waals surface area (Å²) in [6.07, 6.45) is 3.72. The Hall–Kier alpha value is -2.74. The Bertz CT molecular complexity index is 1580. The van der Waals surface area contributed by atoms with Gasteiger partial charge >= 0.3 is 0 Å². The maximum atomic E-state index is 13.6. The third-order valence-corrected chi connectivity index (χ3v) is 8.50. The SMILES string of the molecule is O=c1/c(=C\c2ccc(O)c(Br)c2)sc2n1[C@@H](c1cccs1)C1=C(N=2)c2ccccc2CC1. The highest BCUT2D eigenvalue weighted by Gasteiger charge is 2.32. The van der Waals surface area contributed by atoms with Crippen molar-refractivity contribution in [3.05, 3.63) is 111 Å². The number of thiophene rings is 1. The molecule has 6 rings (SSSR count). The van der Waals surface area contributed by atoms with Crippen LogP contribution in [0.5, 0.6) is 5.75 Å². The van der Waals surface area contributed by atoms with Gasteiger partial charge in [-0.05, 0) is 75.1 Å². The molecule has 0 saturated carbocycles. The van der Waals surface area contributed by atoms with E-state index < -0.39 is 0 Å². The maximum absolute atomic E-state index is 13.6. The van der Waals surface area contributed by atoms with Gasteiger partial charge < -0.3 is 5.11 Å². The van der Waals surface area contributed by atoms with E-state index in [-0.39, 0.29) is 17.4 Å². The Morgan fingerprint density at radius 1 is 1.12 bits per heavy atom. The number of halogens is 1. The topological polar surface area (TPSA) is 54.6 Å². The second-order valence-corrected chi connectivity index (χ2v) is 10.7. The number of fused-ring (bicyclic) bond motifs is 3. The Morgan fingerprint density at radius 2 is 2.00 bits per heavy atom. The average molecular weight is 521 g/mol. The molecule has 0 amide bonds. The van der Waals surface area contributed by atoms with Gasteiger partial charge in [0.15, 0.2) is 4.80 Å². The minimum absolute atomic E-state index is 0.0262. The Balaban J connectivity index is 1.61. The smallest absolute Gasteiger partial charge is 0.271 e. The molecule has 0 fully saturated rings. The molecule has 1 aliphatic heterocycles. The molecule has 0 unspecified atom stereocenters. The van der Waals surface area contributed by atoms with Gasteiger partial charge in [-0.3, -0.25) is 9.36 Å². The number of rotatable bonds is 2. The van der Waals surface area contributed by atoms with E-state index in [2.05, 4.69) is 51.6 Å². The van der Waals surface area contributed by atoms with Crippen LogP contribution in [0, 0.1) is 0 Å². The van der Waals surface area contributed by atoms with Crippen molar-refractivity contribution in [3.63, 3.8) is 0 Å². The molecule has 2 aromatic carbocycles. The predicted molar refractivity (Wildman–Crippen MR) is 133 cm³/mol. The zero-order valence-electron chi connectivity index (χ0n) is 16.8. The molecule has 0 saturated heterocycles. The van der Waals surface area contributed by atoms with Crippen LogP contribution in [0.25, 0.3) is 11.8 Å². The molecule has 7 heteroatoms. The molecule has 0 radical (unpaired) electrons.